The second-order valence-electron chi connectivity index (χ2n) is 6.47. The molecule has 0 bridgehead atoms. The molecule has 1 aliphatic rings. The molecule has 1 fully saturated rings. The molecule has 28 heavy (non-hydrogen) atoms. The topological polar surface area (TPSA) is 57.7 Å². The lowest BCUT2D eigenvalue weighted by atomic mass is 10.2. The van der Waals surface area contributed by atoms with Crippen LogP contribution in [0.3, 0.4) is 0 Å². The van der Waals surface area contributed by atoms with Crippen LogP contribution in [0, 0.1) is 5.82 Å². The molecule has 0 spiro atoms. The van der Waals surface area contributed by atoms with E-state index in [2.05, 4.69) is 0 Å². The average Bonchev–Trinajstić information content (AvgIpc) is 2.69. The van der Waals surface area contributed by atoms with E-state index in [-0.39, 0.29) is 29.8 Å². The van der Waals surface area contributed by atoms with Gasteiger partial charge >= 0.3 is 0 Å². The third-order valence-electron chi connectivity index (χ3n) is 4.50. The SMILES string of the molecule is O=C(/C=C/c1ccc(F)c(Cl)c1)N1CCN(S(=O)(=O)Cc2ccccc2)CC1. The minimum atomic E-state index is -3.42. The molecule has 3 rings (SSSR count). The predicted molar refractivity (Wildman–Crippen MR) is 108 cm³/mol. The molecule has 0 saturated carbocycles. The van der Waals surface area contributed by atoms with Crippen LogP contribution < -0.4 is 0 Å². The van der Waals surface area contributed by atoms with Crippen LogP contribution in [0.25, 0.3) is 6.08 Å². The zero-order valence-corrected chi connectivity index (χ0v) is 16.7. The van der Waals surface area contributed by atoms with Crippen LogP contribution in [0.1, 0.15) is 11.1 Å². The monoisotopic (exact) mass is 422 g/mol. The maximum absolute atomic E-state index is 13.2. The molecule has 8 heteroatoms. The van der Waals surface area contributed by atoms with E-state index in [1.807, 2.05) is 18.2 Å². The van der Waals surface area contributed by atoms with Crippen molar-refractivity contribution in [3.63, 3.8) is 0 Å². The van der Waals surface area contributed by atoms with Crippen molar-refractivity contribution in [2.75, 3.05) is 26.2 Å². The lowest BCUT2D eigenvalue weighted by molar-refractivity contribution is -0.127. The van der Waals surface area contributed by atoms with Crippen LogP contribution in [0.15, 0.2) is 54.6 Å². The highest BCUT2D eigenvalue weighted by atomic mass is 35.5. The molecular formula is C20H20ClFN2O3S. The highest BCUT2D eigenvalue weighted by Crippen LogP contribution is 2.17. The van der Waals surface area contributed by atoms with Crippen LogP contribution in [-0.2, 0) is 20.6 Å². The van der Waals surface area contributed by atoms with Gasteiger partial charge in [-0.2, -0.15) is 4.31 Å². The summed E-state index contributed by atoms with van der Waals surface area (Å²) in [6.07, 6.45) is 2.95. The maximum atomic E-state index is 13.2. The van der Waals surface area contributed by atoms with Crippen molar-refractivity contribution in [2.45, 2.75) is 5.75 Å². The van der Waals surface area contributed by atoms with Gasteiger partial charge in [-0.25, -0.2) is 12.8 Å². The standard InChI is InChI=1S/C20H20ClFN2O3S/c21-18-14-16(6-8-19(18)22)7-9-20(25)23-10-12-24(13-11-23)28(26,27)15-17-4-2-1-3-5-17/h1-9,14H,10-13,15H2/b9-7+. The van der Waals surface area contributed by atoms with Crippen LogP contribution in [0.4, 0.5) is 4.39 Å². The van der Waals surface area contributed by atoms with Gasteiger partial charge in [-0.05, 0) is 29.3 Å². The molecule has 2 aromatic rings. The van der Waals surface area contributed by atoms with Crippen molar-refractivity contribution in [1.82, 2.24) is 9.21 Å². The first-order chi connectivity index (χ1) is 13.3. The Balaban J connectivity index is 1.56. The fourth-order valence-corrected chi connectivity index (χ4v) is 4.66. The number of rotatable bonds is 5. The number of hydrogen-bond donors (Lipinski definition) is 0. The summed E-state index contributed by atoms with van der Waals surface area (Å²) in [7, 11) is -3.42. The first kappa shape index (κ1) is 20.5. The Kier molecular flexibility index (Phi) is 6.49. The largest absolute Gasteiger partial charge is 0.337 e. The number of benzene rings is 2. The number of halogens is 2. The van der Waals surface area contributed by atoms with Gasteiger partial charge in [-0.1, -0.05) is 48.0 Å². The maximum Gasteiger partial charge on any atom is 0.246 e. The number of carbonyl (C=O) groups is 1. The van der Waals surface area contributed by atoms with E-state index in [0.29, 0.717) is 18.7 Å². The summed E-state index contributed by atoms with van der Waals surface area (Å²) in [5.74, 6) is -0.786. The summed E-state index contributed by atoms with van der Waals surface area (Å²) in [4.78, 5) is 13.9. The second-order valence-corrected chi connectivity index (χ2v) is 8.85. The Bertz CT molecular complexity index is 972. The van der Waals surface area contributed by atoms with E-state index in [1.165, 1.54) is 28.6 Å². The zero-order valence-electron chi connectivity index (χ0n) is 15.1. The lowest BCUT2D eigenvalue weighted by Gasteiger charge is -2.33. The number of amides is 1. The number of carbonyl (C=O) groups excluding carboxylic acids is 1. The third-order valence-corrected chi connectivity index (χ3v) is 6.64. The summed E-state index contributed by atoms with van der Waals surface area (Å²) in [5, 5.41) is -0.00756. The van der Waals surface area contributed by atoms with Gasteiger partial charge in [0.1, 0.15) is 5.82 Å². The zero-order chi connectivity index (χ0) is 20.1. The molecule has 0 aromatic heterocycles. The smallest absolute Gasteiger partial charge is 0.246 e. The normalized spacial score (nSPS) is 15.9. The molecule has 1 saturated heterocycles. The van der Waals surface area contributed by atoms with Crippen LogP contribution >= 0.6 is 11.6 Å². The molecule has 0 atom stereocenters. The first-order valence-corrected chi connectivity index (χ1v) is 10.8. The number of sulfonamides is 1. The minimum Gasteiger partial charge on any atom is -0.337 e. The molecule has 1 amide bonds. The van der Waals surface area contributed by atoms with Gasteiger partial charge in [0.05, 0.1) is 10.8 Å². The molecule has 1 aliphatic heterocycles. The van der Waals surface area contributed by atoms with Gasteiger partial charge < -0.3 is 4.90 Å². The van der Waals surface area contributed by atoms with E-state index in [1.54, 1.807) is 23.1 Å². The predicted octanol–water partition coefficient (Wildman–Crippen LogP) is 3.17. The van der Waals surface area contributed by atoms with Crippen molar-refractivity contribution in [3.8, 4) is 0 Å². The summed E-state index contributed by atoms with van der Waals surface area (Å²) in [6, 6.07) is 13.2. The Morgan fingerprint density at radius 1 is 1.07 bits per heavy atom. The fourth-order valence-electron chi connectivity index (χ4n) is 2.95. The van der Waals surface area contributed by atoms with Gasteiger partial charge in [-0.15, -0.1) is 0 Å². The van der Waals surface area contributed by atoms with Crippen molar-refractivity contribution in [1.29, 1.82) is 0 Å². The third kappa shape index (κ3) is 5.19. The van der Waals surface area contributed by atoms with Gasteiger partial charge in [0.15, 0.2) is 0 Å². The van der Waals surface area contributed by atoms with E-state index in [0.717, 1.165) is 5.56 Å². The van der Waals surface area contributed by atoms with Crippen LogP contribution in [0.2, 0.25) is 5.02 Å². The molecule has 0 unspecified atom stereocenters. The Morgan fingerprint density at radius 3 is 2.39 bits per heavy atom. The van der Waals surface area contributed by atoms with E-state index in [9.17, 15) is 17.6 Å². The van der Waals surface area contributed by atoms with Crippen molar-refractivity contribution in [3.05, 3.63) is 76.6 Å². The Hall–Kier alpha value is -2.22. The first-order valence-electron chi connectivity index (χ1n) is 8.79. The Morgan fingerprint density at radius 2 is 1.75 bits per heavy atom. The molecule has 1 heterocycles. The molecule has 0 radical (unpaired) electrons. The van der Waals surface area contributed by atoms with Gasteiger partial charge in [0.25, 0.3) is 0 Å². The van der Waals surface area contributed by atoms with Crippen LogP contribution in [-0.4, -0.2) is 49.7 Å². The van der Waals surface area contributed by atoms with Crippen molar-refractivity contribution in [2.24, 2.45) is 0 Å². The highest BCUT2D eigenvalue weighted by Gasteiger charge is 2.28. The summed E-state index contributed by atoms with van der Waals surface area (Å²) in [5.41, 5.74) is 1.35. The number of piperazine rings is 1. The van der Waals surface area contributed by atoms with E-state index in [4.69, 9.17) is 11.6 Å². The Labute approximate surface area is 169 Å². The quantitative estimate of drug-likeness (QED) is 0.695. The van der Waals surface area contributed by atoms with Gasteiger partial charge in [0, 0.05) is 32.3 Å². The molecule has 148 valence electrons. The lowest BCUT2D eigenvalue weighted by Crippen LogP contribution is -2.50. The van der Waals surface area contributed by atoms with Crippen molar-refractivity contribution < 1.29 is 17.6 Å². The van der Waals surface area contributed by atoms with Crippen LogP contribution in [0.5, 0.6) is 0 Å². The van der Waals surface area contributed by atoms with Gasteiger partial charge in [-0.3, -0.25) is 4.79 Å². The summed E-state index contributed by atoms with van der Waals surface area (Å²) < 4.78 is 39.7. The highest BCUT2D eigenvalue weighted by molar-refractivity contribution is 7.88. The molecule has 2 aromatic carbocycles. The van der Waals surface area contributed by atoms with E-state index >= 15 is 0 Å². The minimum absolute atomic E-state index is 0.00756. The second kappa shape index (κ2) is 8.86. The number of hydrogen-bond acceptors (Lipinski definition) is 3. The fraction of sp³-hybridized carbons (Fsp3) is 0.250. The molecular weight excluding hydrogens is 403 g/mol. The summed E-state index contributed by atoms with van der Waals surface area (Å²) in [6.45, 7) is 1.16. The average molecular weight is 423 g/mol. The summed E-state index contributed by atoms with van der Waals surface area (Å²) >= 11 is 5.73. The molecule has 0 aliphatic carbocycles. The number of nitrogens with zero attached hydrogens (tertiary/aromatic N) is 2. The van der Waals surface area contributed by atoms with E-state index < -0.39 is 15.8 Å². The van der Waals surface area contributed by atoms with Gasteiger partial charge in [0.2, 0.25) is 15.9 Å². The van der Waals surface area contributed by atoms with Crippen molar-refractivity contribution >= 4 is 33.6 Å². The molecule has 5 nitrogen and oxygen atoms in total. The molecule has 0 N–H and O–H groups in total.